The monoisotopic (exact) mass is 449 g/mol. The van der Waals surface area contributed by atoms with Crippen LogP contribution in [0, 0.1) is 0 Å². The number of hydrogen-bond donors (Lipinski definition) is 0. The summed E-state index contributed by atoms with van der Waals surface area (Å²) < 4.78 is 15.5. The van der Waals surface area contributed by atoms with Crippen molar-refractivity contribution in [2.75, 3.05) is 11.7 Å². The van der Waals surface area contributed by atoms with Gasteiger partial charge in [-0.2, -0.15) is 4.67 Å². The average molecular weight is 449 g/mol. The molecule has 162 valence electrons. The van der Waals surface area contributed by atoms with Gasteiger partial charge < -0.3 is 8.39 Å². The van der Waals surface area contributed by atoms with E-state index < -0.39 is 8.16 Å². The fraction of sp³-hybridized carbons (Fsp3) is 0.103. The Kier molecular flexibility index (Phi) is 4.95. The van der Waals surface area contributed by atoms with Crippen LogP contribution in [-0.4, -0.2) is 7.05 Å². The second-order valence-corrected chi connectivity index (χ2v) is 9.87. The van der Waals surface area contributed by atoms with Crippen molar-refractivity contribution in [3.8, 4) is 0 Å². The number of rotatable bonds is 3. The zero-order valence-electron chi connectivity index (χ0n) is 18.6. The zero-order valence-corrected chi connectivity index (χ0v) is 19.5. The molecule has 0 N–H and O–H groups in total. The summed E-state index contributed by atoms with van der Waals surface area (Å²) in [5.41, 5.74) is 2.96. The van der Waals surface area contributed by atoms with E-state index in [2.05, 4.69) is 116 Å². The Hall–Kier alpha value is -3.52. The van der Waals surface area contributed by atoms with Gasteiger partial charge in [0.05, 0.1) is 0 Å². The molecule has 0 saturated carbocycles. The molecule has 6 aromatic rings. The van der Waals surface area contributed by atoms with Crippen LogP contribution in [0.2, 0.25) is 0 Å². The largest absolute Gasteiger partial charge is 0.408 e. The summed E-state index contributed by atoms with van der Waals surface area (Å²) in [6, 6.07) is 36.1. The van der Waals surface area contributed by atoms with Gasteiger partial charge in [-0.15, -0.1) is 0 Å². The van der Waals surface area contributed by atoms with Crippen molar-refractivity contribution in [3.05, 3.63) is 109 Å². The molecule has 5 aromatic carbocycles. The predicted octanol–water partition coefficient (Wildman–Crippen LogP) is 8.93. The second kappa shape index (κ2) is 8.12. The molecule has 33 heavy (non-hydrogen) atoms. The summed E-state index contributed by atoms with van der Waals surface area (Å²) in [6.07, 6.45) is 0. The lowest BCUT2D eigenvalue weighted by Gasteiger charge is -2.21. The van der Waals surface area contributed by atoms with Crippen molar-refractivity contribution < 1.29 is 8.39 Å². The van der Waals surface area contributed by atoms with E-state index in [0.717, 1.165) is 21.9 Å². The molecule has 1 unspecified atom stereocenters. The van der Waals surface area contributed by atoms with Gasteiger partial charge in [0.1, 0.15) is 11.2 Å². The summed E-state index contributed by atoms with van der Waals surface area (Å²) in [6.45, 7) is 2.19. The maximum atomic E-state index is 6.67. The van der Waals surface area contributed by atoms with E-state index in [1.807, 2.05) is 6.07 Å². The minimum absolute atomic E-state index is 0.142. The molecule has 0 bridgehead atoms. The van der Waals surface area contributed by atoms with Crippen LogP contribution in [0.5, 0.6) is 0 Å². The molecule has 0 aliphatic heterocycles. The molecule has 6 rings (SSSR count). The van der Waals surface area contributed by atoms with Crippen LogP contribution in [0.25, 0.3) is 43.5 Å². The van der Waals surface area contributed by atoms with E-state index in [4.69, 9.17) is 8.39 Å². The van der Waals surface area contributed by atoms with Gasteiger partial charge in [-0.05, 0) is 46.2 Å². The molecule has 4 heteroatoms. The minimum atomic E-state index is -1.37. The SMILES string of the molecule is CC(c1ccccc1)N(C)p1oc2ccc3ccccc3c2c2c(ccc3ccccc32)o1. The third-order valence-electron chi connectivity index (χ3n) is 6.48. The van der Waals surface area contributed by atoms with Crippen LogP contribution in [0.15, 0.2) is 112 Å². The summed E-state index contributed by atoms with van der Waals surface area (Å²) >= 11 is 0. The van der Waals surface area contributed by atoms with E-state index in [1.54, 1.807) is 0 Å². The first-order valence-corrected chi connectivity index (χ1v) is 12.3. The van der Waals surface area contributed by atoms with Crippen LogP contribution in [0.3, 0.4) is 0 Å². The normalized spacial score (nSPS) is 12.7. The molecule has 1 heterocycles. The highest BCUT2D eigenvalue weighted by atomic mass is 31.1. The minimum Gasteiger partial charge on any atom is -0.408 e. The fourth-order valence-corrected chi connectivity index (χ4v) is 5.93. The summed E-state index contributed by atoms with van der Waals surface area (Å²) in [4.78, 5) is 0. The molecular weight excluding hydrogens is 425 g/mol. The van der Waals surface area contributed by atoms with Crippen molar-refractivity contribution in [1.82, 2.24) is 0 Å². The molecule has 1 aromatic heterocycles. The van der Waals surface area contributed by atoms with Gasteiger partial charge in [0.25, 0.3) is 0 Å². The van der Waals surface area contributed by atoms with Gasteiger partial charge in [-0.3, -0.25) is 0 Å². The molecule has 1 atom stereocenters. The standard InChI is InChI=1S/C29H24NO2P/c1-20(21-10-4-3-5-11-21)30(2)33-31-26-18-16-22-12-6-8-14-24(22)28(26)29-25-15-9-7-13-23(25)17-19-27(29)32-33/h3-20H,1-2H3. The molecule has 3 nitrogen and oxygen atoms in total. The lowest BCUT2D eigenvalue weighted by molar-refractivity contribution is 0.612. The van der Waals surface area contributed by atoms with Crippen molar-refractivity contribution in [2.24, 2.45) is 0 Å². The highest BCUT2D eigenvalue weighted by Crippen LogP contribution is 2.43. The topological polar surface area (TPSA) is 29.5 Å². The molecular formula is C29H24NO2P. The highest BCUT2D eigenvalue weighted by Gasteiger charge is 2.19. The highest BCUT2D eigenvalue weighted by molar-refractivity contribution is 7.38. The van der Waals surface area contributed by atoms with E-state index >= 15 is 0 Å². The maximum absolute atomic E-state index is 6.67. The van der Waals surface area contributed by atoms with Gasteiger partial charge in [-0.25, -0.2) is 0 Å². The Labute approximate surface area is 193 Å². The molecule has 0 aliphatic rings. The number of fused-ring (bicyclic) bond motifs is 7. The van der Waals surface area contributed by atoms with Gasteiger partial charge >= 0.3 is 8.16 Å². The quantitative estimate of drug-likeness (QED) is 0.270. The molecule has 0 saturated heterocycles. The second-order valence-electron chi connectivity index (χ2n) is 8.40. The first-order valence-electron chi connectivity index (χ1n) is 11.2. The molecule has 0 spiro atoms. The van der Waals surface area contributed by atoms with Crippen molar-refractivity contribution >= 4 is 51.6 Å². The smallest absolute Gasteiger partial charge is 0.309 e. The average Bonchev–Trinajstić information content (AvgIpc) is 3.05. The Morgan fingerprint density at radius 2 is 1.09 bits per heavy atom. The molecule has 0 radical (unpaired) electrons. The lowest BCUT2D eigenvalue weighted by Crippen LogP contribution is -2.17. The van der Waals surface area contributed by atoms with Crippen molar-refractivity contribution in [2.45, 2.75) is 13.0 Å². The Bertz CT molecular complexity index is 1560. The van der Waals surface area contributed by atoms with Crippen LogP contribution in [-0.2, 0) is 0 Å². The van der Waals surface area contributed by atoms with Crippen LogP contribution in [0.1, 0.15) is 18.5 Å². The third-order valence-corrected chi connectivity index (χ3v) is 8.05. The lowest BCUT2D eigenvalue weighted by atomic mass is 9.99. The van der Waals surface area contributed by atoms with Gasteiger partial charge in [0, 0.05) is 23.9 Å². The van der Waals surface area contributed by atoms with E-state index in [-0.39, 0.29) is 6.04 Å². The number of hydrogen-bond acceptors (Lipinski definition) is 3. The summed E-state index contributed by atoms with van der Waals surface area (Å²) in [7, 11) is 0.706. The summed E-state index contributed by atoms with van der Waals surface area (Å²) in [5, 5.41) is 6.93. The number of nitrogens with zero attached hydrogens (tertiary/aromatic N) is 1. The van der Waals surface area contributed by atoms with Crippen LogP contribution < -0.4 is 4.67 Å². The number of benzene rings is 5. The van der Waals surface area contributed by atoms with Crippen LogP contribution >= 0.6 is 8.16 Å². The van der Waals surface area contributed by atoms with E-state index in [9.17, 15) is 0 Å². The predicted molar refractivity (Wildman–Crippen MR) is 140 cm³/mol. The first-order chi connectivity index (χ1) is 16.2. The molecule has 0 fully saturated rings. The van der Waals surface area contributed by atoms with E-state index in [1.165, 1.54) is 27.1 Å². The summed E-state index contributed by atoms with van der Waals surface area (Å²) in [5.74, 6) is 0. The fourth-order valence-electron chi connectivity index (χ4n) is 4.58. The van der Waals surface area contributed by atoms with Gasteiger partial charge in [-0.1, -0.05) is 91.0 Å². The van der Waals surface area contributed by atoms with E-state index in [0.29, 0.717) is 0 Å². The Morgan fingerprint density at radius 3 is 1.64 bits per heavy atom. The third kappa shape index (κ3) is 3.41. The van der Waals surface area contributed by atoms with Crippen molar-refractivity contribution in [1.29, 1.82) is 0 Å². The Balaban J connectivity index is 1.73. The molecule has 0 aliphatic carbocycles. The zero-order chi connectivity index (χ0) is 22.4. The maximum Gasteiger partial charge on any atom is 0.309 e. The van der Waals surface area contributed by atoms with Crippen molar-refractivity contribution in [3.63, 3.8) is 0 Å². The van der Waals surface area contributed by atoms with Crippen LogP contribution in [0.4, 0.5) is 0 Å². The molecule has 0 amide bonds. The van der Waals surface area contributed by atoms with Gasteiger partial charge in [0.2, 0.25) is 0 Å². The van der Waals surface area contributed by atoms with Gasteiger partial charge in [0.15, 0.2) is 0 Å². The Morgan fingerprint density at radius 1 is 0.606 bits per heavy atom. The first kappa shape index (κ1) is 20.1.